The third kappa shape index (κ3) is 4.70. The van der Waals surface area contributed by atoms with Crippen molar-refractivity contribution >= 4 is 11.8 Å². The number of halogens is 1. The van der Waals surface area contributed by atoms with Crippen LogP contribution in [0.25, 0.3) is 0 Å². The van der Waals surface area contributed by atoms with Crippen molar-refractivity contribution in [2.45, 2.75) is 51.4 Å². The molecule has 1 rings (SSSR count). The highest BCUT2D eigenvalue weighted by Crippen LogP contribution is 2.10. The van der Waals surface area contributed by atoms with Crippen LogP contribution >= 0.6 is 0 Å². The Hall–Kier alpha value is -0.970. The van der Waals surface area contributed by atoms with Crippen LogP contribution in [-0.2, 0) is 14.3 Å². The Balaban J connectivity index is 2.25. The van der Waals surface area contributed by atoms with Gasteiger partial charge >= 0.3 is 5.97 Å². The number of alkyl halides is 1. The van der Waals surface area contributed by atoms with Crippen molar-refractivity contribution in [3.8, 4) is 0 Å². The first-order chi connectivity index (χ1) is 7.61. The number of ether oxygens (including phenoxy) is 1. The normalized spacial score (nSPS) is 22.9. The van der Waals surface area contributed by atoms with E-state index in [9.17, 15) is 14.0 Å². The van der Waals surface area contributed by atoms with Gasteiger partial charge in [0.2, 0.25) is 6.36 Å². The maximum Gasteiger partial charge on any atom is 0.309 e. The number of esters is 1. The summed E-state index contributed by atoms with van der Waals surface area (Å²) >= 11 is 0. The maximum atomic E-state index is 13.0. The Bertz CT molecular complexity index is 258. The molecule has 2 atom stereocenters. The predicted molar refractivity (Wildman–Crippen MR) is 56.5 cm³/mol. The molecule has 1 saturated heterocycles. The van der Waals surface area contributed by atoms with Crippen molar-refractivity contribution in [1.29, 1.82) is 0 Å². The van der Waals surface area contributed by atoms with Crippen LogP contribution in [-0.4, -0.2) is 30.7 Å². The fourth-order valence-corrected chi connectivity index (χ4v) is 1.69. The second-order valence-corrected chi connectivity index (χ2v) is 4.04. The van der Waals surface area contributed by atoms with Gasteiger partial charge in [-0.1, -0.05) is 6.92 Å². The van der Waals surface area contributed by atoms with Gasteiger partial charge in [0.1, 0.15) is 5.78 Å². The third-order valence-corrected chi connectivity index (χ3v) is 2.50. The Labute approximate surface area is 94.5 Å². The van der Waals surface area contributed by atoms with Gasteiger partial charge < -0.3 is 10.1 Å². The lowest BCUT2D eigenvalue weighted by atomic mass is 10.0. The molecule has 0 saturated carbocycles. The number of Topliss-reactive ketones (excluding diaryl/α,β-unsaturated/α-hetero) is 1. The molecule has 2 unspecified atom stereocenters. The van der Waals surface area contributed by atoms with Gasteiger partial charge in [0.15, 0.2) is 0 Å². The first-order valence-corrected chi connectivity index (χ1v) is 5.70. The molecule has 1 N–H and O–H groups in total. The zero-order valence-electron chi connectivity index (χ0n) is 9.50. The zero-order chi connectivity index (χ0) is 12.0. The fraction of sp³-hybridized carbons (Fsp3) is 0.818. The molecule has 16 heavy (non-hydrogen) atoms. The van der Waals surface area contributed by atoms with Crippen LogP contribution < -0.4 is 5.32 Å². The Morgan fingerprint density at radius 2 is 2.44 bits per heavy atom. The van der Waals surface area contributed by atoms with Crippen LogP contribution in [0.15, 0.2) is 0 Å². The molecule has 0 bridgehead atoms. The van der Waals surface area contributed by atoms with Crippen molar-refractivity contribution in [3.63, 3.8) is 0 Å². The first-order valence-electron chi connectivity index (χ1n) is 5.70. The molecule has 4 nitrogen and oxygen atoms in total. The van der Waals surface area contributed by atoms with E-state index >= 15 is 0 Å². The molecule has 5 heteroatoms. The van der Waals surface area contributed by atoms with E-state index in [1.54, 1.807) is 0 Å². The molecule has 1 heterocycles. The molecule has 0 aromatic heterocycles. The summed E-state index contributed by atoms with van der Waals surface area (Å²) in [6.07, 6.45) is 0.247. The summed E-state index contributed by atoms with van der Waals surface area (Å²) in [6.45, 7) is 2.41. The molecular formula is C11H18FNO3. The number of hydrogen-bond acceptors (Lipinski definition) is 4. The summed E-state index contributed by atoms with van der Waals surface area (Å²) in [4.78, 5) is 22.4. The van der Waals surface area contributed by atoms with Crippen molar-refractivity contribution in [2.75, 3.05) is 6.54 Å². The van der Waals surface area contributed by atoms with Crippen LogP contribution in [0.3, 0.4) is 0 Å². The topological polar surface area (TPSA) is 55.4 Å². The van der Waals surface area contributed by atoms with Gasteiger partial charge in [0.05, 0.1) is 6.42 Å². The molecule has 0 aromatic carbocycles. The summed E-state index contributed by atoms with van der Waals surface area (Å²) in [5.74, 6) is -0.435. The predicted octanol–water partition coefficient (Wildman–Crippen LogP) is 1.34. The van der Waals surface area contributed by atoms with E-state index in [4.69, 9.17) is 0 Å². The lowest BCUT2D eigenvalue weighted by Crippen LogP contribution is -2.40. The summed E-state index contributed by atoms with van der Waals surface area (Å²) in [5, 5.41) is 3.04. The largest absolute Gasteiger partial charge is 0.431 e. The molecule has 1 aliphatic heterocycles. The molecule has 0 aliphatic carbocycles. The molecule has 1 fully saturated rings. The lowest BCUT2D eigenvalue weighted by Gasteiger charge is -2.22. The fourth-order valence-electron chi connectivity index (χ4n) is 1.69. The highest BCUT2D eigenvalue weighted by Gasteiger charge is 2.23. The zero-order valence-corrected chi connectivity index (χ0v) is 9.50. The minimum Gasteiger partial charge on any atom is -0.431 e. The first kappa shape index (κ1) is 13.1. The van der Waals surface area contributed by atoms with Crippen molar-refractivity contribution in [1.82, 2.24) is 5.32 Å². The van der Waals surface area contributed by atoms with Crippen LogP contribution in [0.1, 0.15) is 39.0 Å². The number of piperidine rings is 1. The van der Waals surface area contributed by atoms with E-state index in [1.807, 2.05) is 6.92 Å². The van der Waals surface area contributed by atoms with E-state index in [0.717, 1.165) is 0 Å². The Morgan fingerprint density at radius 1 is 1.69 bits per heavy atom. The number of rotatable bonds is 5. The molecule has 0 radical (unpaired) electrons. The van der Waals surface area contributed by atoms with Crippen molar-refractivity contribution in [2.24, 2.45) is 0 Å². The number of nitrogens with one attached hydrogen (secondary N) is 1. The number of hydrogen-bond donors (Lipinski definition) is 1. The van der Waals surface area contributed by atoms with Gasteiger partial charge in [-0.05, 0) is 6.42 Å². The van der Waals surface area contributed by atoms with Gasteiger partial charge in [-0.3, -0.25) is 9.59 Å². The van der Waals surface area contributed by atoms with Crippen LogP contribution in [0.2, 0.25) is 0 Å². The molecular weight excluding hydrogens is 213 g/mol. The Morgan fingerprint density at radius 3 is 3.06 bits per heavy atom. The van der Waals surface area contributed by atoms with Gasteiger partial charge in [-0.15, -0.1) is 0 Å². The molecule has 0 amide bonds. The lowest BCUT2D eigenvalue weighted by molar-refractivity contribution is -0.159. The van der Waals surface area contributed by atoms with E-state index < -0.39 is 12.3 Å². The van der Waals surface area contributed by atoms with Crippen LogP contribution in [0, 0.1) is 0 Å². The number of carbonyl (C=O) groups is 2. The molecule has 1 aliphatic rings. The quantitative estimate of drug-likeness (QED) is 0.725. The van der Waals surface area contributed by atoms with Gasteiger partial charge in [0.25, 0.3) is 0 Å². The molecule has 0 aromatic rings. The van der Waals surface area contributed by atoms with E-state index in [1.165, 1.54) is 0 Å². The van der Waals surface area contributed by atoms with Gasteiger partial charge in [-0.25, -0.2) is 4.39 Å². The van der Waals surface area contributed by atoms with Crippen molar-refractivity contribution < 1.29 is 18.7 Å². The summed E-state index contributed by atoms with van der Waals surface area (Å²) in [5.41, 5.74) is 0. The summed E-state index contributed by atoms with van der Waals surface area (Å²) in [7, 11) is 0. The average molecular weight is 231 g/mol. The number of ketones is 1. The van der Waals surface area contributed by atoms with Crippen LogP contribution in [0.4, 0.5) is 4.39 Å². The second kappa shape index (κ2) is 6.58. The summed E-state index contributed by atoms with van der Waals surface area (Å²) in [6, 6.07) is -0.192. The number of carbonyl (C=O) groups excluding carboxylic acids is 2. The standard InChI is InChI=1S/C11H18FNO3/c1-2-3-10(12)16-11(15)7-8-6-9(14)4-5-13-8/h8,10,13H,2-7H2,1H3. The SMILES string of the molecule is CCCC(F)OC(=O)CC1CC(=O)CCN1. The molecule has 92 valence electrons. The molecule has 0 spiro atoms. The average Bonchev–Trinajstić information content (AvgIpc) is 2.17. The monoisotopic (exact) mass is 231 g/mol. The summed E-state index contributed by atoms with van der Waals surface area (Å²) < 4.78 is 17.5. The highest BCUT2D eigenvalue weighted by molar-refractivity contribution is 5.81. The van der Waals surface area contributed by atoms with Gasteiger partial charge in [0, 0.05) is 31.8 Å². The Kier molecular flexibility index (Phi) is 5.38. The smallest absolute Gasteiger partial charge is 0.309 e. The van der Waals surface area contributed by atoms with Crippen molar-refractivity contribution in [3.05, 3.63) is 0 Å². The van der Waals surface area contributed by atoms with E-state index in [0.29, 0.717) is 25.8 Å². The maximum absolute atomic E-state index is 13.0. The van der Waals surface area contributed by atoms with E-state index in [2.05, 4.69) is 10.1 Å². The minimum absolute atomic E-state index is 0.0654. The third-order valence-electron chi connectivity index (χ3n) is 2.50. The minimum atomic E-state index is -1.52. The second-order valence-electron chi connectivity index (χ2n) is 4.04. The van der Waals surface area contributed by atoms with Crippen LogP contribution in [0.5, 0.6) is 0 Å². The van der Waals surface area contributed by atoms with E-state index in [-0.39, 0.29) is 24.7 Å². The highest BCUT2D eigenvalue weighted by atomic mass is 19.1. The van der Waals surface area contributed by atoms with Gasteiger partial charge in [-0.2, -0.15) is 0 Å².